The molecule has 1 heterocycles. The first-order valence-electron chi connectivity index (χ1n) is 7.96. The van der Waals surface area contributed by atoms with Crippen LogP contribution in [0.25, 0.3) is 0 Å². The van der Waals surface area contributed by atoms with E-state index in [0.717, 1.165) is 9.80 Å². The van der Waals surface area contributed by atoms with Gasteiger partial charge in [0.2, 0.25) is 5.91 Å². The van der Waals surface area contributed by atoms with Gasteiger partial charge in [-0.15, -0.1) is 11.8 Å². The van der Waals surface area contributed by atoms with E-state index in [2.05, 4.69) is 5.32 Å². The number of carbonyl (C=O) groups excluding carboxylic acids is 4. The van der Waals surface area contributed by atoms with Crippen molar-refractivity contribution in [2.45, 2.75) is 31.7 Å². The highest BCUT2D eigenvalue weighted by Crippen LogP contribution is 2.17. The molecule has 0 saturated carbocycles. The molecule has 0 unspecified atom stereocenters. The minimum atomic E-state index is -0.956. The molecule has 0 radical (unpaired) electrons. The van der Waals surface area contributed by atoms with Gasteiger partial charge in [0.1, 0.15) is 6.54 Å². The van der Waals surface area contributed by atoms with Crippen molar-refractivity contribution in [2.75, 3.05) is 18.8 Å². The molecule has 1 aromatic rings. The van der Waals surface area contributed by atoms with Crippen LogP contribution in [0.3, 0.4) is 0 Å². The fourth-order valence-electron chi connectivity index (χ4n) is 2.31. The van der Waals surface area contributed by atoms with Crippen LogP contribution < -0.4 is 5.32 Å². The number of amides is 5. The molecule has 0 bridgehead atoms. The average molecular weight is 363 g/mol. The molecule has 0 aromatic heterocycles. The normalized spacial score (nSPS) is 14.6. The van der Waals surface area contributed by atoms with E-state index < -0.39 is 36.3 Å². The second kappa shape index (κ2) is 8.15. The van der Waals surface area contributed by atoms with Crippen molar-refractivity contribution < 1.29 is 19.2 Å². The summed E-state index contributed by atoms with van der Waals surface area (Å²) in [6.07, 6.45) is 0. The maximum atomic E-state index is 12.1. The van der Waals surface area contributed by atoms with E-state index >= 15 is 0 Å². The van der Waals surface area contributed by atoms with Gasteiger partial charge in [-0.1, -0.05) is 17.7 Å². The monoisotopic (exact) mass is 363 g/mol. The zero-order valence-electron chi connectivity index (χ0n) is 14.4. The van der Waals surface area contributed by atoms with Crippen LogP contribution in [0.2, 0.25) is 0 Å². The summed E-state index contributed by atoms with van der Waals surface area (Å²) in [6.45, 7) is 5.24. The number of nitrogens with one attached hydrogen (secondary N) is 1. The van der Waals surface area contributed by atoms with E-state index in [0.29, 0.717) is 17.2 Å². The Bertz CT molecular complexity index is 688. The molecule has 2 rings (SSSR count). The summed E-state index contributed by atoms with van der Waals surface area (Å²) in [6, 6.07) is 6.88. The number of rotatable bonds is 7. The Hall–Kier alpha value is -2.35. The first kappa shape index (κ1) is 19.0. The van der Waals surface area contributed by atoms with Crippen LogP contribution in [0.4, 0.5) is 4.79 Å². The fourth-order valence-corrected chi connectivity index (χ4v) is 3.08. The number of nitrogens with zero attached hydrogens (tertiary/aromatic N) is 2. The summed E-state index contributed by atoms with van der Waals surface area (Å²) in [5.74, 6) is -1.65. The van der Waals surface area contributed by atoms with E-state index in [4.69, 9.17) is 0 Å². The third kappa shape index (κ3) is 4.60. The van der Waals surface area contributed by atoms with E-state index in [-0.39, 0.29) is 0 Å². The van der Waals surface area contributed by atoms with Gasteiger partial charge in [0.15, 0.2) is 0 Å². The van der Waals surface area contributed by atoms with E-state index in [1.165, 1.54) is 5.56 Å². The van der Waals surface area contributed by atoms with Gasteiger partial charge in [-0.25, -0.2) is 9.69 Å². The van der Waals surface area contributed by atoms with Crippen molar-refractivity contribution >= 4 is 35.5 Å². The predicted octanol–water partition coefficient (Wildman–Crippen LogP) is 1.40. The molecule has 0 atom stereocenters. The first-order valence-corrected chi connectivity index (χ1v) is 8.95. The maximum absolute atomic E-state index is 12.1. The van der Waals surface area contributed by atoms with Crippen LogP contribution in [0.1, 0.15) is 19.4 Å². The van der Waals surface area contributed by atoms with Gasteiger partial charge in [-0.05, 0) is 32.9 Å². The van der Waals surface area contributed by atoms with Gasteiger partial charge in [-0.3, -0.25) is 19.3 Å². The van der Waals surface area contributed by atoms with Crippen molar-refractivity contribution in [3.63, 3.8) is 0 Å². The quantitative estimate of drug-likeness (QED) is 0.342. The molecule has 1 aliphatic heterocycles. The van der Waals surface area contributed by atoms with Crippen LogP contribution >= 0.6 is 11.8 Å². The lowest BCUT2D eigenvalue weighted by Gasteiger charge is -2.18. The molecule has 1 aliphatic rings. The Balaban J connectivity index is 1.78. The standard InChI is InChI=1S/C17H21N3O4S/c1-11(2)20-16(23)15(22)19(17(20)24)10-14(21)18-8-9-25-13-6-4-12(3)5-7-13/h4-7,11H,8-10H2,1-3H3,(H,18,21). The minimum absolute atomic E-state index is 0.398. The zero-order valence-corrected chi connectivity index (χ0v) is 15.3. The molecular formula is C17H21N3O4S. The molecule has 1 fully saturated rings. The fraction of sp³-hybridized carbons (Fsp3) is 0.412. The van der Waals surface area contributed by atoms with Gasteiger partial charge < -0.3 is 5.32 Å². The molecule has 0 aliphatic carbocycles. The minimum Gasteiger partial charge on any atom is -0.354 e. The molecule has 1 saturated heterocycles. The van der Waals surface area contributed by atoms with Crippen molar-refractivity contribution in [3.8, 4) is 0 Å². The van der Waals surface area contributed by atoms with Crippen molar-refractivity contribution in [3.05, 3.63) is 29.8 Å². The molecule has 0 spiro atoms. The third-order valence-corrected chi connectivity index (χ3v) is 4.63. The van der Waals surface area contributed by atoms with E-state index in [1.54, 1.807) is 25.6 Å². The second-order valence-electron chi connectivity index (χ2n) is 5.95. The first-order chi connectivity index (χ1) is 11.8. The van der Waals surface area contributed by atoms with Crippen LogP contribution in [0, 0.1) is 6.92 Å². The molecule has 7 nitrogen and oxygen atoms in total. The topological polar surface area (TPSA) is 86.8 Å². The number of hydrogen-bond acceptors (Lipinski definition) is 5. The summed E-state index contributed by atoms with van der Waals surface area (Å²) in [7, 11) is 0. The lowest BCUT2D eigenvalue weighted by Crippen LogP contribution is -2.42. The van der Waals surface area contributed by atoms with Gasteiger partial charge in [0, 0.05) is 23.2 Å². The lowest BCUT2D eigenvalue weighted by atomic mass is 10.2. The van der Waals surface area contributed by atoms with E-state index in [1.807, 2.05) is 31.2 Å². The summed E-state index contributed by atoms with van der Waals surface area (Å²) in [5.41, 5.74) is 1.18. The Labute approximate surface area is 150 Å². The van der Waals surface area contributed by atoms with Gasteiger partial charge in [0.25, 0.3) is 0 Å². The lowest BCUT2D eigenvalue weighted by molar-refractivity contribution is -0.144. The second-order valence-corrected chi connectivity index (χ2v) is 7.12. The number of carbonyl (C=O) groups is 4. The highest BCUT2D eigenvalue weighted by Gasteiger charge is 2.46. The largest absolute Gasteiger partial charge is 0.354 e. The van der Waals surface area contributed by atoms with Crippen LogP contribution in [0.5, 0.6) is 0 Å². The molecule has 25 heavy (non-hydrogen) atoms. The SMILES string of the molecule is Cc1ccc(SCCNC(=O)CN2C(=O)C(=O)N(C(C)C)C2=O)cc1. The Morgan fingerprint density at radius 1 is 1.12 bits per heavy atom. The van der Waals surface area contributed by atoms with Crippen molar-refractivity contribution in [2.24, 2.45) is 0 Å². The van der Waals surface area contributed by atoms with Gasteiger partial charge in [-0.2, -0.15) is 0 Å². The number of hydrogen-bond donors (Lipinski definition) is 1. The van der Waals surface area contributed by atoms with Crippen LogP contribution in [0.15, 0.2) is 29.2 Å². The van der Waals surface area contributed by atoms with Crippen molar-refractivity contribution in [1.82, 2.24) is 15.1 Å². The summed E-state index contributed by atoms with van der Waals surface area (Å²) >= 11 is 1.60. The van der Waals surface area contributed by atoms with E-state index in [9.17, 15) is 19.2 Å². The Morgan fingerprint density at radius 2 is 1.76 bits per heavy atom. The van der Waals surface area contributed by atoms with Crippen LogP contribution in [-0.4, -0.2) is 58.4 Å². The predicted molar refractivity (Wildman–Crippen MR) is 94.0 cm³/mol. The molecule has 5 amide bonds. The highest BCUT2D eigenvalue weighted by molar-refractivity contribution is 7.99. The van der Waals surface area contributed by atoms with Gasteiger partial charge in [0.05, 0.1) is 0 Å². The highest BCUT2D eigenvalue weighted by atomic mass is 32.2. The Kier molecular flexibility index (Phi) is 6.19. The number of imide groups is 2. The van der Waals surface area contributed by atoms with Crippen LogP contribution in [-0.2, 0) is 14.4 Å². The molecule has 8 heteroatoms. The zero-order chi connectivity index (χ0) is 18.6. The summed E-state index contributed by atoms with van der Waals surface area (Å²) < 4.78 is 0. The molecule has 1 aromatic carbocycles. The van der Waals surface area contributed by atoms with Gasteiger partial charge >= 0.3 is 17.8 Å². The summed E-state index contributed by atoms with van der Waals surface area (Å²) in [5, 5.41) is 2.66. The maximum Gasteiger partial charge on any atom is 0.334 e. The number of thioether (sulfide) groups is 1. The molecular weight excluding hydrogens is 342 g/mol. The number of aryl methyl sites for hydroxylation is 1. The van der Waals surface area contributed by atoms with Crippen molar-refractivity contribution in [1.29, 1.82) is 0 Å². The molecule has 1 N–H and O–H groups in total. The summed E-state index contributed by atoms with van der Waals surface area (Å²) in [4.78, 5) is 50.3. The smallest absolute Gasteiger partial charge is 0.334 e. The third-order valence-electron chi connectivity index (χ3n) is 3.62. The Morgan fingerprint density at radius 3 is 2.32 bits per heavy atom. The number of urea groups is 1. The average Bonchev–Trinajstić information content (AvgIpc) is 2.77. The number of benzene rings is 1. The molecule has 134 valence electrons.